The SMILES string of the molecule is Cc1cc(C)c(CNC(=O)c2ccc(Cl)c(S(=O)(=O)N3CCc4ccccc43)c2)c(=O)[nH]1. The summed E-state index contributed by atoms with van der Waals surface area (Å²) < 4.78 is 28.0. The van der Waals surface area contributed by atoms with Crippen LogP contribution in [0, 0.1) is 13.8 Å². The van der Waals surface area contributed by atoms with Gasteiger partial charge in [0, 0.05) is 29.9 Å². The number of nitrogens with zero attached hydrogens (tertiary/aromatic N) is 1. The number of aryl methyl sites for hydroxylation is 2. The molecule has 4 rings (SSSR count). The number of hydrogen-bond donors (Lipinski definition) is 2. The van der Waals surface area contributed by atoms with Gasteiger partial charge in [-0.2, -0.15) is 0 Å². The molecule has 9 heteroatoms. The molecule has 1 aliphatic heterocycles. The van der Waals surface area contributed by atoms with Gasteiger partial charge in [0.15, 0.2) is 0 Å². The summed E-state index contributed by atoms with van der Waals surface area (Å²) in [5.74, 6) is -0.501. The van der Waals surface area contributed by atoms with Crippen LogP contribution in [0.2, 0.25) is 5.02 Å². The Bertz CT molecular complexity index is 1380. The first-order valence-electron chi connectivity index (χ1n) is 10.1. The molecule has 0 radical (unpaired) electrons. The van der Waals surface area contributed by atoms with Crippen LogP contribution in [0.3, 0.4) is 0 Å². The van der Waals surface area contributed by atoms with Gasteiger partial charge in [-0.15, -0.1) is 0 Å². The molecule has 3 aromatic rings. The van der Waals surface area contributed by atoms with Gasteiger partial charge in [0.05, 0.1) is 10.7 Å². The van der Waals surface area contributed by atoms with E-state index in [2.05, 4.69) is 10.3 Å². The van der Waals surface area contributed by atoms with Crippen molar-refractivity contribution in [2.24, 2.45) is 0 Å². The number of pyridine rings is 1. The fourth-order valence-corrected chi connectivity index (χ4v) is 5.90. The lowest BCUT2D eigenvalue weighted by Crippen LogP contribution is -2.30. The minimum Gasteiger partial charge on any atom is -0.348 e. The predicted molar refractivity (Wildman–Crippen MR) is 124 cm³/mol. The first-order valence-corrected chi connectivity index (χ1v) is 11.9. The van der Waals surface area contributed by atoms with E-state index in [0.29, 0.717) is 24.2 Å². The first kappa shape index (κ1) is 22.1. The second-order valence-electron chi connectivity index (χ2n) is 7.73. The van der Waals surface area contributed by atoms with Gasteiger partial charge in [-0.3, -0.25) is 13.9 Å². The standard InChI is InChI=1S/C23H22ClN3O4S/c1-14-11-15(2)26-23(29)18(14)13-25-22(28)17-7-8-19(24)21(12-17)32(30,31)27-10-9-16-5-3-4-6-20(16)27/h3-8,11-12H,9-10,13H2,1-2H3,(H,25,28)(H,26,29). The Hall–Kier alpha value is -3.10. The molecule has 0 atom stereocenters. The Labute approximate surface area is 191 Å². The molecule has 1 aromatic heterocycles. The summed E-state index contributed by atoms with van der Waals surface area (Å²) in [6, 6.07) is 13.3. The van der Waals surface area contributed by atoms with Gasteiger partial charge in [0.25, 0.3) is 21.5 Å². The minimum atomic E-state index is -3.96. The molecule has 166 valence electrons. The highest BCUT2D eigenvalue weighted by Crippen LogP contribution is 2.35. The lowest BCUT2D eigenvalue weighted by atomic mass is 10.1. The number of H-pyrrole nitrogens is 1. The molecular weight excluding hydrogens is 450 g/mol. The van der Waals surface area contributed by atoms with Crippen LogP contribution >= 0.6 is 11.6 Å². The largest absolute Gasteiger partial charge is 0.348 e. The summed E-state index contributed by atoms with van der Waals surface area (Å²) >= 11 is 6.24. The van der Waals surface area contributed by atoms with Gasteiger partial charge in [0.1, 0.15) is 4.90 Å². The third kappa shape index (κ3) is 4.03. The molecule has 7 nitrogen and oxygen atoms in total. The van der Waals surface area contributed by atoms with Gasteiger partial charge in [-0.1, -0.05) is 29.8 Å². The molecule has 32 heavy (non-hydrogen) atoms. The highest BCUT2D eigenvalue weighted by Gasteiger charge is 2.32. The molecule has 0 aliphatic carbocycles. The second kappa shape index (κ2) is 8.44. The van der Waals surface area contributed by atoms with E-state index in [-0.39, 0.29) is 27.6 Å². The number of para-hydroxylation sites is 1. The Morgan fingerprint density at radius 2 is 1.91 bits per heavy atom. The van der Waals surface area contributed by atoms with Crippen LogP contribution in [0.15, 0.2) is 58.2 Å². The van der Waals surface area contributed by atoms with Crippen molar-refractivity contribution < 1.29 is 13.2 Å². The summed E-state index contributed by atoms with van der Waals surface area (Å²) in [6.45, 7) is 3.91. The molecular formula is C23H22ClN3O4S. The van der Waals surface area contributed by atoms with Crippen molar-refractivity contribution in [2.75, 3.05) is 10.8 Å². The van der Waals surface area contributed by atoms with Crippen molar-refractivity contribution in [3.63, 3.8) is 0 Å². The molecule has 0 saturated carbocycles. The van der Waals surface area contributed by atoms with Crippen molar-refractivity contribution in [1.29, 1.82) is 0 Å². The maximum Gasteiger partial charge on any atom is 0.265 e. The Balaban J connectivity index is 1.61. The number of halogens is 1. The summed E-state index contributed by atoms with van der Waals surface area (Å²) in [5.41, 5.74) is 3.38. The quantitative estimate of drug-likeness (QED) is 0.596. The number of nitrogens with one attached hydrogen (secondary N) is 2. The maximum atomic E-state index is 13.4. The molecule has 2 aromatic carbocycles. The van der Waals surface area contributed by atoms with Crippen molar-refractivity contribution in [3.8, 4) is 0 Å². The Morgan fingerprint density at radius 3 is 2.66 bits per heavy atom. The van der Waals surface area contributed by atoms with Crippen molar-refractivity contribution >= 4 is 33.2 Å². The van der Waals surface area contributed by atoms with Gasteiger partial charge in [-0.25, -0.2) is 8.42 Å². The number of sulfonamides is 1. The second-order valence-corrected chi connectivity index (χ2v) is 9.96. The lowest BCUT2D eigenvalue weighted by Gasteiger charge is -2.20. The van der Waals surface area contributed by atoms with Gasteiger partial charge in [0.2, 0.25) is 0 Å². The van der Waals surface area contributed by atoms with Crippen molar-refractivity contribution in [1.82, 2.24) is 10.3 Å². The zero-order valence-corrected chi connectivity index (χ0v) is 19.2. The molecule has 2 heterocycles. The highest BCUT2D eigenvalue weighted by atomic mass is 35.5. The molecule has 0 bridgehead atoms. The number of amides is 1. The average Bonchev–Trinajstić information content (AvgIpc) is 3.18. The van der Waals surface area contributed by atoms with E-state index in [1.54, 1.807) is 26.0 Å². The van der Waals surface area contributed by atoms with Gasteiger partial charge in [-0.05, 0) is 61.7 Å². The normalized spacial score (nSPS) is 13.2. The summed E-state index contributed by atoms with van der Waals surface area (Å²) in [6.07, 6.45) is 0.609. The predicted octanol–water partition coefficient (Wildman–Crippen LogP) is 3.33. The Kier molecular flexibility index (Phi) is 5.83. The van der Waals surface area contributed by atoms with Crippen LogP contribution in [-0.2, 0) is 23.0 Å². The number of carbonyl (C=O) groups is 1. The molecule has 0 spiro atoms. The summed E-state index contributed by atoms with van der Waals surface area (Å²) in [7, 11) is -3.96. The van der Waals surface area contributed by atoms with Crippen molar-refractivity contribution in [2.45, 2.75) is 31.7 Å². The smallest absolute Gasteiger partial charge is 0.265 e. The topological polar surface area (TPSA) is 99.3 Å². The van der Waals surface area contributed by atoms with Crippen LogP contribution in [0.4, 0.5) is 5.69 Å². The monoisotopic (exact) mass is 471 g/mol. The number of hydrogen-bond acceptors (Lipinski definition) is 4. The van der Waals surface area contributed by atoms with Crippen LogP contribution in [0.25, 0.3) is 0 Å². The molecule has 0 saturated heterocycles. The highest BCUT2D eigenvalue weighted by molar-refractivity contribution is 7.93. The van der Waals surface area contributed by atoms with E-state index >= 15 is 0 Å². The van der Waals surface area contributed by atoms with Crippen LogP contribution in [0.1, 0.15) is 32.7 Å². The molecule has 2 N–H and O–H groups in total. The summed E-state index contributed by atoms with van der Waals surface area (Å²) in [5, 5.41) is 2.73. The van der Waals surface area contributed by atoms with E-state index in [0.717, 1.165) is 16.8 Å². The fraction of sp³-hybridized carbons (Fsp3) is 0.217. The number of aromatic amines is 1. The lowest BCUT2D eigenvalue weighted by molar-refractivity contribution is 0.0950. The number of carbonyl (C=O) groups excluding carboxylic acids is 1. The van der Waals surface area contributed by atoms with E-state index in [9.17, 15) is 18.0 Å². The maximum absolute atomic E-state index is 13.4. The van der Waals surface area contributed by atoms with E-state index in [4.69, 9.17) is 11.6 Å². The van der Waals surface area contributed by atoms with Crippen LogP contribution in [-0.4, -0.2) is 25.9 Å². The number of fused-ring (bicyclic) bond motifs is 1. The zero-order chi connectivity index (χ0) is 23.0. The molecule has 1 aliphatic rings. The van der Waals surface area contributed by atoms with E-state index < -0.39 is 15.9 Å². The number of rotatable bonds is 5. The van der Waals surface area contributed by atoms with Gasteiger partial charge >= 0.3 is 0 Å². The number of anilines is 1. The van der Waals surface area contributed by atoms with Crippen LogP contribution in [0.5, 0.6) is 0 Å². The Morgan fingerprint density at radius 1 is 1.16 bits per heavy atom. The third-order valence-corrected chi connectivity index (χ3v) is 7.82. The average molecular weight is 472 g/mol. The minimum absolute atomic E-state index is 0.0183. The van der Waals surface area contributed by atoms with E-state index in [1.807, 2.05) is 18.2 Å². The fourth-order valence-electron chi connectivity index (χ4n) is 3.89. The summed E-state index contributed by atoms with van der Waals surface area (Å²) in [4.78, 5) is 27.5. The number of aromatic nitrogens is 1. The van der Waals surface area contributed by atoms with Gasteiger partial charge < -0.3 is 10.3 Å². The van der Waals surface area contributed by atoms with Crippen LogP contribution < -0.4 is 15.2 Å². The number of benzene rings is 2. The molecule has 0 fully saturated rings. The molecule has 0 unspecified atom stereocenters. The third-order valence-electron chi connectivity index (χ3n) is 5.53. The zero-order valence-electron chi connectivity index (χ0n) is 17.6. The van der Waals surface area contributed by atoms with E-state index in [1.165, 1.54) is 22.5 Å². The first-order chi connectivity index (χ1) is 15.2. The molecule has 1 amide bonds. The van der Waals surface area contributed by atoms with Crippen molar-refractivity contribution in [3.05, 3.63) is 91.9 Å².